The van der Waals surface area contributed by atoms with Gasteiger partial charge < -0.3 is 14.4 Å². The van der Waals surface area contributed by atoms with Crippen molar-refractivity contribution in [2.45, 2.75) is 6.42 Å². The highest BCUT2D eigenvalue weighted by Gasteiger charge is 2.26. The van der Waals surface area contributed by atoms with Crippen molar-refractivity contribution in [3.05, 3.63) is 35.2 Å². The molecule has 142 valence electrons. The van der Waals surface area contributed by atoms with Crippen LogP contribution in [0.5, 0.6) is 0 Å². The minimum atomic E-state index is -0.242. The zero-order chi connectivity index (χ0) is 17.8. The molecule has 3 rings (SSSR count). The molecule has 0 N–H and O–H groups in total. The second-order valence-electron chi connectivity index (χ2n) is 5.90. The van der Waals surface area contributed by atoms with Gasteiger partial charge in [0.05, 0.1) is 9.72 Å². The van der Waals surface area contributed by atoms with Gasteiger partial charge in [-0.1, -0.05) is 29.0 Å². The van der Waals surface area contributed by atoms with Gasteiger partial charge in [-0.05, 0) is 39.2 Å². The first-order chi connectivity index (χ1) is 12.1. The van der Waals surface area contributed by atoms with Crippen LogP contribution >= 0.6 is 35.3 Å². The molecule has 1 aromatic heterocycles. The molecule has 1 amide bonds. The molecule has 1 aromatic carbocycles. The molecule has 0 atom stereocenters. The predicted octanol–water partition coefficient (Wildman–Crippen LogP) is 3.54. The second-order valence-corrected chi connectivity index (χ2v) is 7.31. The van der Waals surface area contributed by atoms with Crippen LogP contribution in [0.1, 0.15) is 6.42 Å². The Bertz CT molecular complexity index is 795. The fourth-order valence-electron chi connectivity index (χ4n) is 2.46. The monoisotopic (exact) mass is 417 g/mol. The smallest absolute Gasteiger partial charge is 0.298 e. The number of hydrogen-bond donors (Lipinski definition) is 0. The Kier molecular flexibility index (Phi) is 7.52. The fraction of sp³-hybridized carbons (Fsp3) is 0.412. The molecule has 1 aliphatic rings. The van der Waals surface area contributed by atoms with Crippen molar-refractivity contribution in [1.29, 1.82) is 0 Å². The highest BCUT2D eigenvalue weighted by molar-refractivity contribution is 7.22. The number of nitrogens with zero attached hydrogens (tertiary/aromatic N) is 3. The number of thiazole rings is 1. The Labute approximate surface area is 167 Å². The van der Waals surface area contributed by atoms with Crippen molar-refractivity contribution in [1.82, 2.24) is 9.88 Å². The number of hydrogen-bond acceptors (Lipinski definition) is 6. The van der Waals surface area contributed by atoms with E-state index in [-0.39, 0.29) is 24.1 Å². The molecule has 0 fully saturated rings. The maximum atomic E-state index is 12.9. The summed E-state index contributed by atoms with van der Waals surface area (Å²) in [6.07, 6.45) is 2.20. The summed E-state index contributed by atoms with van der Waals surface area (Å²) in [4.78, 5) is 21.2. The lowest BCUT2D eigenvalue weighted by atomic mass is 10.3. The summed E-state index contributed by atoms with van der Waals surface area (Å²) in [5.74, 6) is -0.0323. The van der Waals surface area contributed by atoms with Crippen LogP contribution in [-0.4, -0.2) is 56.2 Å². The Balaban J connectivity index is 0.00000243. The standard InChI is InChI=1S/C17H20ClN3O3S.ClH/c1-20(2)7-4-8-21(16(22)13-11-23-9-10-24-13)17-19-15-12(18)5-3-6-14(15)25-17;/h3,5-6,11H,4,7-10H2,1-2H3;1H. The van der Waals surface area contributed by atoms with E-state index in [1.807, 2.05) is 26.2 Å². The number of halogens is 2. The Morgan fingerprint density at radius 2 is 2.12 bits per heavy atom. The van der Waals surface area contributed by atoms with E-state index in [2.05, 4.69) is 9.88 Å². The maximum Gasteiger partial charge on any atom is 0.298 e. The molecule has 0 bridgehead atoms. The van der Waals surface area contributed by atoms with Crippen molar-refractivity contribution < 1.29 is 14.3 Å². The highest BCUT2D eigenvalue weighted by Crippen LogP contribution is 2.33. The third-order valence-corrected chi connectivity index (χ3v) is 5.03. The van der Waals surface area contributed by atoms with Gasteiger partial charge in [-0.2, -0.15) is 0 Å². The molecule has 2 heterocycles. The molecule has 1 aliphatic heterocycles. The van der Waals surface area contributed by atoms with Gasteiger partial charge in [-0.15, -0.1) is 12.4 Å². The summed E-state index contributed by atoms with van der Waals surface area (Å²) in [6, 6.07) is 5.63. The second kappa shape index (κ2) is 9.41. The molecule has 2 aromatic rings. The Morgan fingerprint density at radius 3 is 2.77 bits per heavy atom. The molecular formula is C17H21Cl2N3O3S. The summed E-state index contributed by atoms with van der Waals surface area (Å²) in [5.41, 5.74) is 0.712. The summed E-state index contributed by atoms with van der Waals surface area (Å²) >= 11 is 7.67. The van der Waals surface area contributed by atoms with E-state index in [4.69, 9.17) is 21.1 Å². The third-order valence-electron chi connectivity index (χ3n) is 3.68. The first-order valence-corrected chi connectivity index (χ1v) is 9.22. The maximum absolute atomic E-state index is 12.9. The number of rotatable bonds is 6. The van der Waals surface area contributed by atoms with Gasteiger partial charge in [0.1, 0.15) is 25.0 Å². The van der Waals surface area contributed by atoms with Crippen LogP contribution in [0.25, 0.3) is 10.2 Å². The Hall–Kier alpha value is -1.54. The van der Waals surface area contributed by atoms with Crippen molar-refractivity contribution in [3.63, 3.8) is 0 Å². The number of amides is 1. The van der Waals surface area contributed by atoms with E-state index >= 15 is 0 Å². The topological polar surface area (TPSA) is 54.9 Å². The normalized spacial score (nSPS) is 13.6. The van der Waals surface area contributed by atoms with Crippen molar-refractivity contribution in [2.24, 2.45) is 0 Å². The van der Waals surface area contributed by atoms with E-state index in [1.54, 1.807) is 11.0 Å². The van der Waals surface area contributed by atoms with Crippen molar-refractivity contribution in [2.75, 3.05) is 45.3 Å². The molecule has 6 nitrogen and oxygen atoms in total. The van der Waals surface area contributed by atoms with Crippen LogP contribution in [0.15, 0.2) is 30.2 Å². The number of fused-ring (bicyclic) bond motifs is 1. The minimum Gasteiger partial charge on any atom is -0.494 e. The number of aromatic nitrogens is 1. The summed E-state index contributed by atoms with van der Waals surface area (Å²) in [6.45, 7) is 2.23. The molecule has 0 spiro atoms. The number of anilines is 1. The van der Waals surface area contributed by atoms with Gasteiger partial charge in [0.25, 0.3) is 5.91 Å². The van der Waals surface area contributed by atoms with Crippen LogP contribution in [-0.2, 0) is 14.3 Å². The van der Waals surface area contributed by atoms with Gasteiger partial charge in [0.2, 0.25) is 5.76 Å². The quantitative estimate of drug-likeness (QED) is 0.718. The molecule has 0 saturated heterocycles. The lowest BCUT2D eigenvalue weighted by Crippen LogP contribution is -2.36. The fourth-order valence-corrected chi connectivity index (χ4v) is 3.75. The van der Waals surface area contributed by atoms with E-state index in [1.165, 1.54) is 17.6 Å². The van der Waals surface area contributed by atoms with Crippen LogP contribution in [0.2, 0.25) is 5.02 Å². The van der Waals surface area contributed by atoms with Crippen LogP contribution in [0.3, 0.4) is 0 Å². The predicted molar refractivity (Wildman–Crippen MR) is 107 cm³/mol. The van der Waals surface area contributed by atoms with Gasteiger partial charge in [0, 0.05) is 6.54 Å². The largest absolute Gasteiger partial charge is 0.494 e. The van der Waals surface area contributed by atoms with E-state index < -0.39 is 0 Å². The SMILES string of the molecule is CN(C)CCCN(C(=O)C1=COCCO1)c1nc2c(Cl)cccc2s1.Cl. The van der Waals surface area contributed by atoms with Gasteiger partial charge in [-0.25, -0.2) is 4.98 Å². The minimum absolute atomic E-state index is 0. The van der Waals surface area contributed by atoms with Crippen molar-refractivity contribution in [3.8, 4) is 0 Å². The zero-order valence-corrected chi connectivity index (χ0v) is 17.0. The molecule has 0 saturated carbocycles. The molecule has 0 radical (unpaired) electrons. The number of benzene rings is 1. The molecule has 0 unspecified atom stereocenters. The number of para-hydroxylation sites is 1. The number of carbonyl (C=O) groups is 1. The summed E-state index contributed by atoms with van der Waals surface area (Å²) < 4.78 is 11.6. The molecule has 0 aliphatic carbocycles. The zero-order valence-electron chi connectivity index (χ0n) is 14.6. The average molecular weight is 418 g/mol. The Morgan fingerprint density at radius 1 is 1.31 bits per heavy atom. The van der Waals surface area contributed by atoms with Crippen LogP contribution in [0.4, 0.5) is 5.13 Å². The molecule has 26 heavy (non-hydrogen) atoms. The molecule has 9 heteroatoms. The first-order valence-electron chi connectivity index (χ1n) is 8.02. The highest BCUT2D eigenvalue weighted by atomic mass is 35.5. The van der Waals surface area contributed by atoms with Gasteiger partial charge >= 0.3 is 0 Å². The molecular weight excluding hydrogens is 397 g/mol. The van der Waals surface area contributed by atoms with Crippen LogP contribution < -0.4 is 4.90 Å². The average Bonchev–Trinajstić information content (AvgIpc) is 3.04. The van der Waals surface area contributed by atoms with E-state index in [0.717, 1.165) is 17.7 Å². The number of carbonyl (C=O) groups excluding carboxylic acids is 1. The third kappa shape index (κ3) is 4.79. The van der Waals surface area contributed by atoms with E-state index in [0.29, 0.717) is 35.4 Å². The van der Waals surface area contributed by atoms with Crippen molar-refractivity contribution >= 4 is 56.6 Å². The first kappa shape index (κ1) is 20.8. The van der Waals surface area contributed by atoms with Crippen LogP contribution in [0, 0.1) is 0 Å². The number of ether oxygens (including phenoxy) is 2. The van der Waals surface area contributed by atoms with Gasteiger partial charge in [0.15, 0.2) is 5.13 Å². The van der Waals surface area contributed by atoms with Gasteiger partial charge in [-0.3, -0.25) is 9.69 Å². The lowest BCUT2D eigenvalue weighted by Gasteiger charge is -2.23. The lowest BCUT2D eigenvalue weighted by molar-refractivity contribution is -0.119. The summed E-state index contributed by atoms with van der Waals surface area (Å²) in [7, 11) is 4.01. The van der Waals surface area contributed by atoms with E-state index in [9.17, 15) is 4.79 Å². The summed E-state index contributed by atoms with van der Waals surface area (Å²) in [5, 5.41) is 1.19.